The molecule has 27 heavy (non-hydrogen) atoms. The Labute approximate surface area is 157 Å². The maximum absolute atomic E-state index is 12.6. The van der Waals surface area contributed by atoms with Gasteiger partial charge in [0.15, 0.2) is 0 Å². The van der Waals surface area contributed by atoms with Crippen LogP contribution in [-0.4, -0.2) is 54.4 Å². The van der Waals surface area contributed by atoms with Gasteiger partial charge in [0.1, 0.15) is 0 Å². The summed E-state index contributed by atoms with van der Waals surface area (Å²) in [7, 11) is 3.06. The minimum atomic E-state index is -0.446. The van der Waals surface area contributed by atoms with Gasteiger partial charge in [-0.1, -0.05) is 12.1 Å². The summed E-state index contributed by atoms with van der Waals surface area (Å²) < 4.78 is 4.66. The Hall–Kier alpha value is -3.22. The molecule has 1 unspecified atom stereocenters. The van der Waals surface area contributed by atoms with Crippen molar-refractivity contribution in [3.63, 3.8) is 0 Å². The van der Waals surface area contributed by atoms with Gasteiger partial charge in [0.2, 0.25) is 5.91 Å². The van der Waals surface area contributed by atoms with Gasteiger partial charge >= 0.3 is 5.97 Å². The number of hydrogen-bond acceptors (Lipinski definition) is 5. The molecule has 0 bridgehead atoms. The third-order valence-corrected chi connectivity index (χ3v) is 4.57. The Balaban J connectivity index is 1.72. The second-order valence-electron chi connectivity index (χ2n) is 6.49. The van der Waals surface area contributed by atoms with E-state index in [0.29, 0.717) is 36.2 Å². The zero-order valence-corrected chi connectivity index (χ0v) is 15.3. The van der Waals surface area contributed by atoms with Crippen molar-refractivity contribution in [2.24, 2.45) is 0 Å². The van der Waals surface area contributed by atoms with Crippen LogP contribution < -0.4 is 5.32 Å². The SMILES string of the molecule is COC(=O)c1ccc(-c2cccc(C(=O)NC3CCC(=O)N(C)C3)c2)nc1. The number of carbonyl (C=O) groups excluding carboxylic acids is 3. The molecule has 1 aromatic carbocycles. The van der Waals surface area contributed by atoms with Gasteiger partial charge in [-0.25, -0.2) is 4.79 Å². The topological polar surface area (TPSA) is 88.6 Å². The summed E-state index contributed by atoms with van der Waals surface area (Å²) in [6.07, 6.45) is 2.53. The minimum absolute atomic E-state index is 0.0543. The van der Waals surface area contributed by atoms with Crippen molar-refractivity contribution in [2.75, 3.05) is 20.7 Å². The van der Waals surface area contributed by atoms with E-state index < -0.39 is 5.97 Å². The first kappa shape index (κ1) is 18.6. The Morgan fingerprint density at radius 3 is 2.70 bits per heavy atom. The molecule has 2 amide bonds. The lowest BCUT2D eigenvalue weighted by Crippen LogP contribution is -2.48. The van der Waals surface area contributed by atoms with E-state index in [0.717, 1.165) is 5.56 Å². The number of aromatic nitrogens is 1. The Kier molecular flexibility index (Phi) is 5.49. The number of methoxy groups -OCH3 is 1. The van der Waals surface area contributed by atoms with E-state index in [4.69, 9.17) is 0 Å². The molecule has 1 aromatic heterocycles. The summed E-state index contributed by atoms with van der Waals surface area (Å²) in [6.45, 7) is 0.515. The molecule has 140 valence electrons. The maximum atomic E-state index is 12.6. The summed E-state index contributed by atoms with van der Waals surface area (Å²) in [6, 6.07) is 10.4. The Bertz CT molecular complexity index is 864. The van der Waals surface area contributed by atoms with Crippen molar-refractivity contribution in [1.29, 1.82) is 0 Å². The highest BCUT2D eigenvalue weighted by Crippen LogP contribution is 2.19. The molecule has 2 heterocycles. The number of likely N-dealkylation sites (tertiary alicyclic amines) is 1. The summed E-state index contributed by atoms with van der Waals surface area (Å²) in [5.74, 6) is -0.530. The number of nitrogens with one attached hydrogen (secondary N) is 1. The standard InChI is InChI=1S/C20H21N3O4/c1-23-12-16(7-9-18(23)24)22-19(25)14-5-3-4-13(10-14)17-8-6-15(11-21-17)20(26)27-2/h3-6,8,10-11,16H,7,9,12H2,1-2H3,(H,22,25). The van der Waals surface area contributed by atoms with Crippen LogP contribution in [-0.2, 0) is 9.53 Å². The minimum Gasteiger partial charge on any atom is -0.465 e. The van der Waals surface area contributed by atoms with Crippen LogP contribution in [0.5, 0.6) is 0 Å². The molecule has 1 atom stereocenters. The molecule has 0 aliphatic carbocycles. The molecule has 2 aromatic rings. The number of pyridine rings is 1. The molecule has 1 saturated heterocycles. The monoisotopic (exact) mass is 367 g/mol. The molecule has 7 nitrogen and oxygen atoms in total. The lowest BCUT2D eigenvalue weighted by Gasteiger charge is -2.30. The fourth-order valence-corrected chi connectivity index (χ4v) is 3.02. The first-order valence-electron chi connectivity index (χ1n) is 8.67. The largest absolute Gasteiger partial charge is 0.465 e. The van der Waals surface area contributed by atoms with Crippen LogP contribution in [0.2, 0.25) is 0 Å². The first-order valence-corrected chi connectivity index (χ1v) is 8.67. The molecular formula is C20H21N3O4. The number of benzene rings is 1. The average Bonchev–Trinajstić information content (AvgIpc) is 2.70. The lowest BCUT2D eigenvalue weighted by molar-refractivity contribution is -0.132. The van der Waals surface area contributed by atoms with E-state index >= 15 is 0 Å². The maximum Gasteiger partial charge on any atom is 0.339 e. The number of hydrogen-bond donors (Lipinski definition) is 1. The molecule has 0 saturated carbocycles. The average molecular weight is 367 g/mol. The van der Waals surface area contributed by atoms with Crippen LogP contribution in [0.4, 0.5) is 0 Å². The van der Waals surface area contributed by atoms with Gasteiger partial charge in [-0.15, -0.1) is 0 Å². The second kappa shape index (κ2) is 7.99. The number of piperidine rings is 1. The summed E-state index contributed by atoms with van der Waals surface area (Å²) in [4.78, 5) is 41.5. The summed E-state index contributed by atoms with van der Waals surface area (Å²) in [5.41, 5.74) is 2.31. The van der Waals surface area contributed by atoms with Gasteiger partial charge in [0.25, 0.3) is 5.91 Å². The van der Waals surface area contributed by atoms with Crippen molar-refractivity contribution in [2.45, 2.75) is 18.9 Å². The number of carbonyl (C=O) groups is 3. The molecule has 3 rings (SSSR count). The molecule has 1 fully saturated rings. The fourth-order valence-electron chi connectivity index (χ4n) is 3.02. The van der Waals surface area contributed by atoms with E-state index in [1.54, 1.807) is 42.3 Å². The van der Waals surface area contributed by atoms with Gasteiger partial charge in [-0.05, 0) is 30.7 Å². The predicted molar refractivity (Wildman–Crippen MR) is 99.1 cm³/mol. The lowest BCUT2D eigenvalue weighted by atomic mass is 10.0. The molecule has 1 N–H and O–H groups in total. The van der Waals surface area contributed by atoms with E-state index in [-0.39, 0.29) is 17.9 Å². The number of nitrogens with zero attached hydrogens (tertiary/aromatic N) is 2. The van der Waals surface area contributed by atoms with Gasteiger partial charge in [0, 0.05) is 43.4 Å². The Morgan fingerprint density at radius 2 is 2.04 bits per heavy atom. The van der Waals surface area contributed by atoms with Crippen LogP contribution >= 0.6 is 0 Å². The number of likely N-dealkylation sites (N-methyl/N-ethyl adjacent to an activating group) is 1. The van der Waals surface area contributed by atoms with Gasteiger partial charge in [-0.3, -0.25) is 14.6 Å². The third kappa shape index (κ3) is 4.31. The van der Waals surface area contributed by atoms with Crippen molar-refractivity contribution in [3.05, 3.63) is 53.7 Å². The van der Waals surface area contributed by atoms with Crippen molar-refractivity contribution < 1.29 is 19.1 Å². The van der Waals surface area contributed by atoms with Crippen molar-refractivity contribution >= 4 is 17.8 Å². The second-order valence-corrected chi connectivity index (χ2v) is 6.49. The number of esters is 1. The number of amides is 2. The predicted octanol–water partition coefficient (Wildman–Crippen LogP) is 1.89. The molecule has 0 radical (unpaired) electrons. The molecule has 0 spiro atoms. The summed E-state index contributed by atoms with van der Waals surface area (Å²) >= 11 is 0. The van der Waals surface area contributed by atoms with Crippen LogP contribution in [0.15, 0.2) is 42.6 Å². The third-order valence-electron chi connectivity index (χ3n) is 4.57. The Morgan fingerprint density at radius 1 is 1.22 bits per heavy atom. The highest BCUT2D eigenvalue weighted by molar-refractivity contribution is 5.95. The zero-order valence-electron chi connectivity index (χ0n) is 15.3. The van der Waals surface area contributed by atoms with E-state index in [2.05, 4.69) is 15.0 Å². The molecular weight excluding hydrogens is 346 g/mol. The summed E-state index contributed by atoms with van der Waals surface area (Å²) in [5, 5.41) is 2.98. The zero-order chi connectivity index (χ0) is 19.4. The van der Waals surface area contributed by atoms with Crippen LogP contribution in [0.25, 0.3) is 11.3 Å². The quantitative estimate of drug-likeness (QED) is 0.834. The van der Waals surface area contributed by atoms with Crippen LogP contribution in [0.3, 0.4) is 0 Å². The van der Waals surface area contributed by atoms with Crippen molar-refractivity contribution in [1.82, 2.24) is 15.2 Å². The van der Waals surface area contributed by atoms with Crippen LogP contribution in [0, 0.1) is 0 Å². The van der Waals surface area contributed by atoms with Gasteiger partial charge < -0.3 is 15.0 Å². The smallest absolute Gasteiger partial charge is 0.339 e. The number of ether oxygens (including phenoxy) is 1. The van der Waals surface area contributed by atoms with Crippen LogP contribution in [0.1, 0.15) is 33.6 Å². The highest BCUT2D eigenvalue weighted by Gasteiger charge is 2.24. The fraction of sp³-hybridized carbons (Fsp3) is 0.300. The van der Waals surface area contributed by atoms with E-state index in [1.165, 1.54) is 13.3 Å². The molecule has 1 aliphatic rings. The normalized spacial score (nSPS) is 16.7. The number of rotatable bonds is 4. The highest BCUT2D eigenvalue weighted by atomic mass is 16.5. The van der Waals surface area contributed by atoms with Crippen molar-refractivity contribution in [3.8, 4) is 11.3 Å². The first-order chi connectivity index (χ1) is 13.0. The molecule has 7 heteroatoms. The molecule has 1 aliphatic heterocycles. The van der Waals surface area contributed by atoms with E-state index in [9.17, 15) is 14.4 Å². The van der Waals surface area contributed by atoms with Gasteiger partial charge in [0.05, 0.1) is 18.4 Å². The van der Waals surface area contributed by atoms with Gasteiger partial charge in [-0.2, -0.15) is 0 Å². The van der Waals surface area contributed by atoms with E-state index in [1.807, 2.05) is 6.07 Å².